The molecule has 2 heterocycles. The summed E-state index contributed by atoms with van der Waals surface area (Å²) >= 11 is 7.33. The van der Waals surface area contributed by atoms with Crippen LogP contribution >= 0.6 is 22.9 Å². The third kappa shape index (κ3) is 7.91. The quantitative estimate of drug-likeness (QED) is 0.280. The number of amides is 4. The summed E-state index contributed by atoms with van der Waals surface area (Å²) < 4.78 is 1.22. The molecule has 0 spiro atoms. The van der Waals surface area contributed by atoms with E-state index in [1.165, 1.54) is 42.8 Å². The van der Waals surface area contributed by atoms with Crippen LogP contribution in [0.25, 0.3) is 0 Å². The number of thiophene rings is 1. The molecule has 2 bridgehead atoms. The zero-order chi connectivity index (χ0) is 31.3. The summed E-state index contributed by atoms with van der Waals surface area (Å²) in [7, 11) is 1.31. The van der Waals surface area contributed by atoms with Crippen molar-refractivity contribution in [1.82, 2.24) is 20.5 Å². The first-order valence-corrected chi connectivity index (χ1v) is 15.8. The smallest absolute Gasteiger partial charge is 0.287 e. The molecule has 43 heavy (non-hydrogen) atoms. The van der Waals surface area contributed by atoms with Crippen molar-refractivity contribution < 1.29 is 24.0 Å². The summed E-state index contributed by atoms with van der Waals surface area (Å²) in [6, 6.07) is 1.75. The van der Waals surface area contributed by atoms with Crippen molar-refractivity contribution in [2.75, 3.05) is 12.4 Å². The van der Waals surface area contributed by atoms with Crippen molar-refractivity contribution in [2.24, 2.45) is 17.8 Å². The number of hydrogen-bond acceptors (Lipinski definition) is 7. The van der Waals surface area contributed by atoms with Crippen LogP contribution in [0, 0.1) is 24.7 Å². The van der Waals surface area contributed by atoms with Gasteiger partial charge in [0, 0.05) is 25.7 Å². The van der Waals surface area contributed by atoms with Crippen LogP contribution in [0.5, 0.6) is 0 Å². The summed E-state index contributed by atoms with van der Waals surface area (Å²) in [5.74, 6) is -1.70. The zero-order valence-corrected chi connectivity index (χ0v) is 26.1. The van der Waals surface area contributed by atoms with Gasteiger partial charge in [0.25, 0.3) is 17.4 Å². The summed E-state index contributed by atoms with van der Waals surface area (Å²) in [6.07, 6.45) is 6.70. The van der Waals surface area contributed by atoms with Gasteiger partial charge < -0.3 is 25.8 Å². The molecule has 0 aromatic carbocycles. The van der Waals surface area contributed by atoms with E-state index < -0.39 is 35.1 Å². The molecule has 2 saturated carbocycles. The summed E-state index contributed by atoms with van der Waals surface area (Å²) in [4.78, 5) is 76.5. The van der Waals surface area contributed by atoms with E-state index >= 15 is 0 Å². The van der Waals surface area contributed by atoms with Crippen molar-refractivity contribution in [3.05, 3.63) is 49.5 Å². The number of ketones is 1. The van der Waals surface area contributed by atoms with E-state index in [2.05, 4.69) is 28.2 Å². The van der Waals surface area contributed by atoms with E-state index in [4.69, 9.17) is 11.6 Å². The molecule has 2 aliphatic carbocycles. The second-order valence-electron chi connectivity index (χ2n) is 11.6. The number of carbonyl (C=O) groups is 5. The van der Waals surface area contributed by atoms with Crippen LogP contribution in [-0.2, 0) is 25.7 Å². The van der Waals surface area contributed by atoms with Crippen molar-refractivity contribution >= 4 is 58.0 Å². The molecule has 4 N–H and O–H groups in total. The van der Waals surface area contributed by atoms with Crippen molar-refractivity contribution in [3.8, 4) is 0 Å². The van der Waals surface area contributed by atoms with Crippen LogP contribution in [0.15, 0.2) is 28.5 Å². The minimum absolute atomic E-state index is 0.0742. The van der Waals surface area contributed by atoms with E-state index in [1.54, 1.807) is 12.3 Å². The first kappa shape index (κ1) is 32.4. The van der Waals surface area contributed by atoms with Crippen molar-refractivity contribution in [2.45, 2.75) is 77.4 Å². The molecule has 0 radical (unpaired) electrons. The second kappa shape index (κ2) is 14.3. The molecular formula is C30H38ClN5O6S. The number of hydrogen-bond donors (Lipinski definition) is 4. The Labute approximate surface area is 259 Å². The molecule has 2 aliphatic rings. The molecule has 2 aromatic rings. The Hall–Kier alpha value is -3.51. The Bertz CT molecular complexity index is 1450. The highest BCUT2D eigenvalue weighted by Crippen LogP contribution is 2.42. The summed E-state index contributed by atoms with van der Waals surface area (Å²) in [5.41, 5.74) is 0.00885. The Kier molecular flexibility index (Phi) is 10.8. The summed E-state index contributed by atoms with van der Waals surface area (Å²) in [6.45, 7) is 3.70. The molecule has 5 atom stereocenters. The Balaban J connectivity index is 1.45. The number of rotatable bonds is 11. The van der Waals surface area contributed by atoms with E-state index in [-0.39, 0.29) is 46.9 Å². The number of nitrogens with zero attached hydrogens (tertiary/aromatic N) is 1. The molecule has 11 nitrogen and oxygen atoms in total. The molecule has 4 rings (SSSR count). The lowest BCUT2D eigenvalue weighted by Gasteiger charge is -2.44. The fourth-order valence-electron chi connectivity index (χ4n) is 6.24. The number of nitrogens with one attached hydrogen (secondary N) is 4. The van der Waals surface area contributed by atoms with E-state index in [1.807, 2.05) is 0 Å². The fraction of sp³-hybridized carbons (Fsp3) is 0.533. The van der Waals surface area contributed by atoms with Gasteiger partial charge in [-0.05, 0) is 73.4 Å². The lowest BCUT2D eigenvalue weighted by molar-refractivity contribution is -0.137. The standard InChI is InChI=1S/C30H38ClN5O6S/c1-16-12-18-6-4-7-19(13-18)25(16)35-23(38)14-36-11-5-8-21(30(36)42)34-27(39)20(9-10-22(37)28(40)32-3)33-29(41)26-24(31)17(2)15-43-26/h5,8,11,15-16,18-20,25H,4,6-7,9-10,12-14H2,1-3H3,(H,32,40)(H,33,41)(H,34,39)(H,35,38). The predicted molar refractivity (Wildman–Crippen MR) is 164 cm³/mol. The van der Waals surface area contributed by atoms with Gasteiger partial charge in [-0.3, -0.25) is 28.8 Å². The number of aryl methyl sites for hydroxylation is 1. The number of halogens is 1. The number of fused-ring (bicyclic) bond motifs is 2. The number of pyridine rings is 1. The topological polar surface area (TPSA) is 155 Å². The largest absolute Gasteiger partial charge is 0.353 e. The van der Waals surface area contributed by atoms with E-state index in [0.29, 0.717) is 17.4 Å². The van der Waals surface area contributed by atoms with Gasteiger partial charge in [-0.2, -0.15) is 0 Å². The van der Waals surface area contributed by atoms with Crippen LogP contribution in [0.2, 0.25) is 5.02 Å². The second-order valence-corrected chi connectivity index (χ2v) is 12.8. The number of carbonyl (C=O) groups excluding carboxylic acids is 5. The maximum absolute atomic E-state index is 13.3. The Morgan fingerprint density at radius 3 is 2.63 bits per heavy atom. The maximum atomic E-state index is 13.3. The first-order chi connectivity index (χ1) is 20.5. The average Bonchev–Trinajstić information content (AvgIpc) is 3.32. The van der Waals surface area contributed by atoms with Gasteiger partial charge in [0.15, 0.2) is 0 Å². The highest BCUT2D eigenvalue weighted by atomic mass is 35.5. The van der Waals surface area contributed by atoms with E-state index in [0.717, 1.165) is 36.5 Å². The number of aromatic nitrogens is 1. The SMILES string of the molecule is CNC(=O)C(=O)CCC(NC(=O)c1scc(C)c1Cl)C(=O)Nc1cccn(CC(=O)NC2C(C)CC3CCCC2C3)c1=O. The van der Waals surface area contributed by atoms with Crippen molar-refractivity contribution in [1.29, 1.82) is 0 Å². The molecule has 4 amide bonds. The van der Waals surface area contributed by atoms with Crippen molar-refractivity contribution in [3.63, 3.8) is 0 Å². The molecule has 5 unspecified atom stereocenters. The Morgan fingerprint density at radius 2 is 1.93 bits per heavy atom. The highest BCUT2D eigenvalue weighted by molar-refractivity contribution is 7.13. The van der Waals surface area contributed by atoms with Crippen LogP contribution in [0.4, 0.5) is 5.69 Å². The Morgan fingerprint density at radius 1 is 1.16 bits per heavy atom. The number of anilines is 1. The van der Waals surface area contributed by atoms with Crippen LogP contribution in [0.3, 0.4) is 0 Å². The molecule has 0 aliphatic heterocycles. The third-order valence-electron chi connectivity index (χ3n) is 8.44. The molecule has 0 saturated heterocycles. The zero-order valence-electron chi connectivity index (χ0n) is 24.5. The van der Waals surface area contributed by atoms with Crippen LogP contribution in [0.1, 0.15) is 67.1 Å². The van der Waals surface area contributed by atoms with Gasteiger partial charge in [-0.25, -0.2) is 0 Å². The molecular weight excluding hydrogens is 594 g/mol. The minimum Gasteiger partial charge on any atom is -0.353 e. The molecule has 232 valence electrons. The normalized spacial score (nSPS) is 21.8. The van der Waals surface area contributed by atoms with Gasteiger partial charge in [-0.1, -0.05) is 31.4 Å². The average molecular weight is 632 g/mol. The molecule has 2 aromatic heterocycles. The van der Waals surface area contributed by atoms with Gasteiger partial charge >= 0.3 is 0 Å². The minimum atomic E-state index is -1.26. The third-order valence-corrected chi connectivity index (χ3v) is 10.1. The van der Waals surface area contributed by atoms with Gasteiger partial charge in [-0.15, -0.1) is 11.3 Å². The highest BCUT2D eigenvalue weighted by Gasteiger charge is 2.38. The molecule has 13 heteroatoms. The fourth-order valence-corrected chi connectivity index (χ4v) is 7.42. The van der Waals surface area contributed by atoms with E-state index in [9.17, 15) is 28.8 Å². The van der Waals surface area contributed by atoms with Crippen LogP contribution in [-0.4, -0.2) is 53.1 Å². The first-order valence-electron chi connectivity index (χ1n) is 14.6. The number of Topliss-reactive ketones (excluding diaryl/α,β-unsaturated/α-hetero) is 1. The molecule has 2 fully saturated rings. The lowest BCUT2D eigenvalue weighted by atomic mass is 9.65. The van der Waals surface area contributed by atoms with Crippen LogP contribution < -0.4 is 26.8 Å². The van der Waals surface area contributed by atoms with Gasteiger partial charge in [0.05, 0.1) is 5.02 Å². The van der Waals surface area contributed by atoms with Gasteiger partial charge in [0.1, 0.15) is 23.2 Å². The van der Waals surface area contributed by atoms with Gasteiger partial charge in [0.2, 0.25) is 17.6 Å². The number of likely N-dealkylation sites (N-methyl/N-ethyl adjacent to an activating group) is 1. The monoisotopic (exact) mass is 631 g/mol. The predicted octanol–water partition coefficient (Wildman–Crippen LogP) is 3.04. The summed E-state index contributed by atoms with van der Waals surface area (Å²) in [5, 5.41) is 12.4. The lowest BCUT2D eigenvalue weighted by Crippen LogP contribution is -2.50. The maximum Gasteiger partial charge on any atom is 0.287 e.